The molecule has 0 aromatic heterocycles. The monoisotopic (exact) mass is 822 g/mol. The first kappa shape index (κ1) is 47.7. The van der Waals surface area contributed by atoms with E-state index in [9.17, 15) is 0 Å². The molecule has 0 spiro atoms. The molecule has 2 rings (SSSR count). The number of methoxy groups -OCH3 is 1. The van der Waals surface area contributed by atoms with Crippen molar-refractivity contribution in [3.63, 3.8) is 0 Å². The van der Waals surface area contributed by atoms with Gasteiger partial charge in [-0.05, 0) is 126 Å². The van der Waals surface area contributed by atoms with Gasteiger partial charge in [0, 0.05) is 19.3 Å². The average Bonchev–Trinajstić information content (AvgIpc) is 3.04. The predicted molar refractivity (Wildman–Crippen MR) is 238 cm³/mol. The molecule has 0 aliphatic heterocycles. The fourth-order valence-corrected chi connectivity index (χ4v) is 36.9. The van der Waals surface area contributed by atoms with Gasteiger partial charge in [0.2, 0.25) is 0 Å². The van der Waals surface area contributed by atoms with Gasteiger partial charge in [0.15, 0.2) is 34.0 Å². The normalized spacial score (nSPS) is 16.0. The van der Waals surface area contributed by atoms with Crippen LogP contribution in [0.2, 0.25) is 90.1 Å². The van der Waals surface area contributed by atoms with Crippen molar-refractivity contribution in [3.05, 3.63) is 71.8 Å². The lowest BCUT2D eigenvalue weighted by Gasteiger charge is -2.45. The van der Waals surface area contributed by atoms with Gasteiger partial charge >= 0.3 is 17.1 Å². The molecule has 0 saturated heterocycles. The van der Waals surface area contributed by atoms with Crippen molar-refractivity contribution in [1.82, 2.24) is 0 Å². The van der Waals surface area contributed by atoms with E-state index in [0.717, 1.165) is 31.5 Å². The van der Waals surface area contributed by atoms with E-state index in [-0.39, 0.29) is 0 Å². The number of benzene rings is 2. The number of ether oxygens (including phenoxy) is 2. The maximum Gasteiger partial charge on any atom is 0.315 e. The first-order chi connectivity index (χ1) is 24.3. The first-order valence-corrected chi connectivity index (χ1v) is 37.5. The lowest BCUT2D eigenvalue weighted by Crippen LogP contribution is -2.59. The van der Waals surface area contributed by atoms with Gasteiger partial charge in [-0.1, -0.05) is 93.3 Å². The molecule has 0 aliphatic carbocycles. The Morgan fingerprint density at radius 3 is 1.85 bits per heavy atom. The van der Waals surface area contributed by atoms with E-state index < -0.39 is 51.1 Å². The molecular weight excluding hydrogens is 745 g/mol. The van der Waals surface area contributed by atoms with Crippen LogP contribution in [0.3, 0.4) is 0 Å². The van der Waals surface area contributed by atoms with Crippen LogP contribution in [0.1, 0.15) is 74.5 Å². The lowest BCUT2D eigenvalue weighted by atomic mass is 9.87. The van der Waals surface area contributed by atoms with Gasteiger partial charge in [-0.2, -0.15) is 0 Å². The van der Waals surface area contributed by atoms with Crippen LogP contribution >= 0.6 is 0 Å². The molecule has 0 N–H and O–H groups in total. The second kappa shape index (κ2) is 22.9. The summed E-state index contributed by atoms with van der Waals surface area (Å²) in [6.07, 6.45) is 8.33. The summed E-state index contributed by atoms with van der Waals surface area (Å²) >= 11 is 0. The minimum Gasteiger partial charge on any atom is -0.458 e. The van der Waals surface area contributed by atoms with Crippen molar-refractivity contribution in [2.24, 2.45) is 0 Å². The van der Waals surface area contributed by atoms with Gasteiger partial charge < -0.3 is 25.9 Å². The zero-order valence-corrected chi connectivity index (χ0v) is 41.8. The summed E-state index contributed by atoms with van der Waals surface area (Å²) < 4.78 is 39.8. The van der Waals surface area contributed by atoms with Gasteiger partial charge in [0.25, 0.3) is 0 Å². The van der Waals surface area contributed by atoms with E-state index in [2.05, 4.69) is 140 Å². The molecule has 2 aromatic rings. The van der Waals surface area contributed by atoms with Crippen molar-refractivity contribution >= 4 is 51.1 Å². The van der Waals surface area contributed by atoms with Gasteiger partial charge in [-0.15, -0.1) is 0 Å². The maximum absolute atomic E-state index is 7.76. The smallest absolute Gasteiger partial charge is 0.315 e. The summed E-state index contributed by atoms with van der Waals surface area (Å²) in [5, 5.41) is 0. The van der Waals surface area contributed by atoms with E-state index in [4.69, 9.17) is 25.9 Å². The molecule has 0 amide bonds. The van der Waals surface area contributed by atoms with Gasteiger partial charge in [-0.25, -0.2) is 0 Å². The van der Waals surface area contributed by atoms with Crippen molar-refractivity contribution in [3.8, 4) is 0 Å². The third kappa shape index (κ3) is 19.4. The van der Waals surface area contributed by atoms with Crippen molar-refractivity contribution in [1.29, 1.82) is 0 Å². The molecule has 4 unspecified atom stereocenters. The summed E-state index contributed by atoms with van der Waals surface area (Å²) in [6.45, 7) is 30.3. The highest BCUT2D eigenvalue weighted by atomic mass is 28.5. The van der Waals surface area contributed by atoms with E-state index in [0.29, 0.717) is 24.7 Å². The van der Waals surface area contributed by atoms with Crippen molar-refractivity contribution < 1.29 is 25.9 Å². The van der Waals surface area contributed by atoms with Crippen LogP contribution in [0, 0.1) is 0 Å². The standard InChI is InChI=1S/C40H78O6Si6/c1-14-15-18-29-39(37-25-19-16-20-26-37)36-40(38-27-21-17-22-28-38)50(9,10)45-52(13,46-51(11,12)44-48(4,5)6)35-34-49(7,8)43-47(3)33-24-23-30-42-32-31-41-2/h16-17,19-22,25-28,39-40,47H,14-15,18,23-24,29-36H2,1-13H3. The second-order valence-electron chi connectivity index (χ2n) is 17.6. The molecule has 0 bridgehead atoms. The van der Waals surface area contributed by atoms with Crippen LogP contribution in [0.4, 0.5) is 0 Å². The van der Waals surface area contributed by atoms with Crippen molar-refractivity contribution in [2.45, 2.75) is 153 Å². The van der Waals surface area contributed by atoms with E-state index in [1.807, 2.05) is 0 Å². The van der Waals surface area contributed by atoms with Crippen LogP contribution in [0.15, 0.2) is 60.7 Å². The van der Waals surface area contributed by atoms with Gasteiger partial charge in [0.1, 0.15) is 0 Å². The van der Waals surface area contributed by atoms with Gasteiger partial charge in [-0.3, -0.25) is 0 Å². The second-order valence-corrected chi connectivity index (χ2v) is 41.0. The van der Waals surface area contributed by atoms with Crippen LogP contribution in [-0.2, 0) is 25.9 Å². The summed E-state index contributed by atoms with van der Waals surface area (Å²) in [5.41, 5.74) is 3.20. The average molecular weight is 824 g/mol. The molecule has 4 atom stereocenters. The topological polar surface area (TPSA) is 55.4 Å². The molecule has 0 aliphatic rings. The lowest BCUT2D eigenvalue weighted by molar-refractivity contribution is 0.0692. The van der Waals surface area contributed by atoms with E-state index in [1.54, 1.807) is 7.11 Å². The predicted octanol–water partition coefficient (Wildman–Crippen LogP) is 11.9. The number of hydrogen-bond donors (Lipinski definition) is 0. The molecule has 12 heteroatoms. The minimum absolute atomic E-state index is 0.339. The fraction of sp³-hybridized carbons (Fsp3) is 0.700. The first-order valence-electron chi connectivity index (χ1n) is 20.3. The summed E-state index contributed by atoms with van der Waals surface area (Å²) in [4.78, 5) is 0. The Morgan fingerprint density at radius 2 is 1.27 bits per heavy atom. The number of hydrogen-bond acceptors (Lipinski definition) is 6. The van der Waals surface area contributed by atoms with Crippen LogP contribution in [-0.4, -0.2) is 78.0 Å². The Balaban J connectivity index is 2.36. The molecular formula is C40H78O6Si6. The molecule has 0 heterocycles. The maximum atomic E-state index is 7.76. The van der Waals surface area contributed by atoms with E-state index in [1.165, 1.54) is 49.3 Å². The largest absolute Gasteiger partial charge is 0.458 e. The van der Waals surface area contributed by atoms with Crippen LogP contribution in [0.5, 0.6) is 0 Å². The molecule has 6 nitrogen and oxygen atoms in total. The fourth-order valence-electron chi connectivity index (χ4n) is 7.68. The summed E-state index contributed by atoms with van der Waals surface area (Å²) in [5.74, 6) is 0.492. The van der Waals surface area contributed by atoms with Gasteiger partial charge in [0.05, 0.1) is 13.2 Å². The number of rotatable bonds is 28. The molecule has 52 heavy (non-hydrogen) atoms. The highest BCUT2D eigenvalue weighted by Gasteiger charge is 2.49. The molecule has 0 fully saturated rings. The Hall–Kier alpha value is -0.499. The molecule has 0 saturated carbocycles. The van der Waals surface area contributed by atoms with E-state index >= 15 is 0 Å². The molecule has 0 radical (unpaired) electrons. The van der Waals surface area contributed by atoms with Crippen molar-refractivity contribution in [2.75, 3.05) is 26.9 Å². The Kier molecular flexibility index (Phi) is 21.0. The molecule has 298 valence electrons. The number of unbranched alkanes of at least 4 members (excludes halogenated alkanes) is 3. The Labute approximate surface area is 327 Å². The third-order valence-electron chi connectivity index (χ3n) is 9.76. The quantitative estimate of drug-likeness (QED) is 0.0629. The van der Waals surface area contributed by atoms with Crippen LogP contribution in [0.25, 0.3) is 0 Å². The molecule has 2 aromatic carbocycles. The third-order valence-corrected chi connectivity index (χ3v) is 32.4. The Morgan fingerprint density at radius 1 is 0.654 bits per heavy atom. The highest BCUT2D eigenvalue weighted by Crippen LogP contribution is 2.42. The van der Waals surface area contributed by atoms with Crippen LogP contribution < -0.4 is 0 Å². The SMILES string of the molecule is CCCCCC(CC(c1ccccc1)[Si](C)(C)O[Si](C)(CC[Si](C)(C)O[SiH](C)CCCCOCCOC)O[Si](C)(C)O[Si](C)(C)C)c1ccccc1. The highest BCUT2D eigenvalue weighted by molar-refractivity contribution is 6.90. The summed E-state index contributed by atoms with van der Waals surface area (Å²) in [7, 11) is -10.9. The zero-order chi connectivity index (χ0) is 38.9. The minimum atomic E-state index is -2.72. The zero-order valence-electron chi connectivity index (χ0n) is 35.6. The Bertz CT molecular complexity index is 1230. The summed E-state index contributed by atoms with van der Waals surface area (Å²) in [6, 6.07) is 25.7.